The minimum atomic E-state index is -0.195. The Hall–Kier alpha value is -3.66. The van der Waals surface area contributed by atoms with Crippen molar-refractivity contribution in [2.24, 2.45) is 0 Å². The van der Waals surface area contributed by atoms with Crippen LogP contribution >= 0.6 is 0 Å². The molecule has 0 bridgehead atoms. The van der Waals surface area contributed by atoms with E-state index in [0.717, 1.165) is 33.8 Å². The number of rotatable bonds is 4. The van der Waals surface area contributed by atoms with Crippen LogP contribution in [-0.4, -0.2) is 15.7 Å². The number of carbonyl (C=O) groups excluding carboxylic acids is 1. The number of hydrogen-bond donors (Lipinski definition) is 1. The molecule has 28 heavy (non-hydrogen) atoms. The second-order valence-corrected chi connectivity index (χ2v) is 6.85. The van der Waals surface area contributed by atoms with Gasteiger partial charge in [0.1, 0.15) is 5.69 Å². The second kappa shape index (κ2) is 7.53. The van der Waals surface area contributed by atoms with Crippen molar-refractivity contribution >= 4 is 11.6 Å². The Labute approximate surface area is 164 Å². The predicted octanol–water partition coefficient (Wildman–Crippen LogP) is 5.41. The molecule has 0 fully saturated rings. The van der Waals surface area contributed by atoms with Crippen LogP contribution in [0.25, 0.3) is 16.9 Å². The summed E-state index contributed by atoms with van der Waals surface area (Å²) >= 11 is 0. The number of aryl methyl sites for hydroxylation is 2. The predicted molar refractivity (Wildman–Crippen MR) is 113 cm³/mol. The van der Waals surface area contributed by atoms with Crippen molar-refractivity contribution in [3.05, 3.63) is 102 Å². The molecule has 0 saturated carbocycles. The Bertz CT molecular complexity index is 1100. The fraction of sp³-hybridized carbons (Fsp3) is 0.0833. The fourth-order valence-corrected chi connectivity index (χ4v) is 3.01. The van der Waals surface area contributed by atoms with Gasteiger partial charge in [0.15, 0.2) is 0 Å². The maximum atomic E-state index is 13.0. The third kappa shape index (κ3) is 3.71. The molecule has 1 N–H and O–H groups in total. The zero-order valence-electron chi connectivity index (χ0n) is 15.9. The molecule has 0 aliphatic rings. The number of benzene rings is 3. The quantitative estimate of drug-likeness (QED) is 0.524. The summed E-state index contributed by atoms with van der Waals surface area (Å²) in [6.07, 6.45) is 0. The third-order valence-electron chi connectivity index (χ3n) is 4.60. The molecule has 1 heterocycles. The number of nitrogens with zero attached hydrogens (tertiary/aromatic N) is 2. The van der Waals surface area contributed by atoms with Gasteiger partial charge in [-0.2, -0.15) is 5.10 Å². The summed E-state index contributed by atoms with van der Waals surface area (Å²) in [5.74, 6) is -0.195. The SMILES string of the molecule is Cc1ccc(NC(=O)c2cc(-c3ccccc3)nn2-c2ccc(C)cc2)cc1. The molecule has 0 aliphatic carbocycles. The molecule has 0 radical (unpaired) electrons. The van der Waals surface area contributed by atoms with E-state index in [-0.39, 0.29) is 5.91 Å². The van der Waals surface area contributed by atoms with Gasteiger partial charge in [0.2, 0.25) is 0 Å². The monoisotopic (exact) mass is 367 g/mol. The Balaban J connectivity index is 1.75. The lowest BCUT2D eigenvalue weighted by Crippen LogP contribution is -2.16. The Morgan fingerprint density at radius 1 is 0.821 bits per heavy atom. The van der Waals surface area contributed by atoms with Gasteiger partial charge in [-0.05, 0) is 44.2 Å². The van der Waals surface area contributed by atoms with Gasteiger partial charge in [-0.15, -0.1) is 0 Å². The first-order valence-electron chi connectivity index (χ1n) is 9.21. The summed E-state index contributed by atoms with van der Waals surface area (Å²) in [6, 6.07) is 27.4. The number of nitrogens with one attached hydrogen (secondary N) is 1. The molecule has 4 nitrogen and oxygen atoms in total. The number of hydrogen-bond acceptors (Lipinski definition) is 2. The van der Waals surface area contributed by atoms with E-state index in [2.05, 4.69) is 5.32 Å². The summed E-state index contributed by atoms with van der Waals surface area (Å²) in [6.45, 7) is 4.05. The molecule has 0 unspecified atom stereocenters. The van der Waals surface area contributed by atoms with Crippen molar-refractivity contribution in [1.82, 2.24) is 9.78 Å². The summed E-state index contributed by atoms with van der Waals surface area (Å²) in [7, 11) is 0. The van der Waals surface area contributed by atoms with Crippen molar-refractivity contribution < 1.29 is 4.79 Å². The Kier molecular flexibility index (Phi) is 4.77. The first-order valence-corrected chi connectivity index (χ1v) is 9.21. The van der Waals surface area contributed by atoms with Crippen LogP contribution in [0.2, 0.25) is 0 Å². The number of anilines is 1. The average molecular weight is 367 g/mol. The summed E-state index contributed by atoms with van der Waals surface area (Å²) in [5.41, 5.74) is 6.13. The maximum absolute atomic E-state index is 13.0. The van der Waals surface area contributed by atoms with E-state index in [4.69, 9.17) is 5.10 Å². The highest BCUT2D eigenvalue weighted by Crippen LogP contribution is 2.23. The van der Waals surface area contributed by atoms with Crippen LogP contribution in [0.15, 0.2) is 84.9 Å². The van der Waals surface area contributed by atoms with Crippen LogP contribution in [0.1, 0.15) is 21.6 Å². The molecule has 4 heteroatoms. The van der Waals surface area contributed by atoms with E-state index in [1.807, 2.05) is 98.8 Å². The Morgan fingerprint density at radius 2 is 1.43 bits per heavy atom. The summed E-state index contributed by atoms with van der Waals surface area (Å²) < 4.78 is 1.70. The molecule has 3 aromatic carbocycles. The van der Waals surface area contributed by atoms with Gasteiger partial charge in [0, 0.05) is 11.3 Å². The lowest BCUT2D eigenvalue weighted by atomic mass is 10.1. The number of carbonyl (C=O) groups is 1. The molecular weight excluding hydrogens is 346 g/mol. The fourth-order valence-electron chi connectivity index (χ4n) is 3.01. The zero-order chi connectivity index (χ0) is 19.5. The van der Waals surface area contributed by atoms with Crippen molar-refractivity contribution in [2.75, 3.05) is 5.32 Å². The lowest BCUT2D eigenvalue weighted by molar-refractivity contribution is 0.101. The number of amides is 1. The first-order chi connectivity index (χ1) is 13.6. The van der Waals surface area contributed by atoms with Crippen LogP contribution < -0.4 is 5.32 Å². The molecule has 4 aromatic rings. The Morgan fingerprint density at radius 3 is 2.07 bits per heavy atom. The topological polar surface area (TPSA) is 46.9 Å². The van der Waals surface area contributed by atoms with Crippen molar-refractivity contribution in [1.29, 1.82) is 0 Å². The van der Waals surface area contributed by atoms with Crippen LogP contribution in [-0.2, 0) is 0 Å². The van der Waals surface area contributed by atoms with Crippen LogP contribution in [0.3, 0.4) is 0 Å². The molecule has 0 saturated heterocycles. The lowest BCUT2D eigenvalue weighted by Gasteiger charge is -2.09. The van der Waals surface area contributed by atoms with E-state index in [1.165, 1.54) is 0 Å². The van der Waals surface area contributed by atoms with E-state index in [1.54, 1.807) is 4.68 Å². The highest BCUT2D eigenvalue weighted by molar-refractivity contribution is 6.04. The van der Waals surface area contributed by atoms with E-state index < -0.39 is 0 Å². The van der Waals surface area contributed by atoms with Gasteiger partial charge in [0.25, 0.3) is 5.91 Å². The van der Waals surface area contributed by atoms with E-state index in [0.29, 0.717) is 5.69 Å². The largest absolute Gasteiger partial charge is 0.321 e. The standard InChI is InChI=1S/C24H21N3O/c1-17-8-12-20(13-9-17)25-24(28)23-16-22(19-6-4-3-5-7-19)26-27(23)21-14-10-18(2)11-15-21/h3-16H,1-2H3,(H,25,28). The molecule has 0 aliphatic heterocycles. The second-order valence-electron chi connectivity index (χ2n) is 6.85. The molecular formula is C24H21N3O. The van der Waals surface area contributed by atoms with Crippen molar-refractivity contribution in [2.45, 2.75) is 13.8 Å². The van der Waals surface area contributed by atoms with Crippen LogP contribution in [0.4, 0.5) is 5.69 Å². The van der Waals surface area contributed by atoms with Gasteiger partial charge in [-0.1, -0.05) is 65.7 Å². The number of aromatic nitrogens is 2. The average Bonchev–Trinajstić information content (AvgIpc) is 3.17. The third-order valence-corrected chi connectivity index (χ3v) is 4.60. The maximum Gasteiger partial charge on any atom is 0.274 e. The molecule has 0 spiro atoms. The molecule has 0 atom stereocenters. The van der Waals surface area contributed by atoms with Gasteiger partial charge in [0.05, 0.1) is 11.4 Å². The minimum Gasteiger partial charge on any atom is -0.321 e. The van der Waals surface area contributed by atoms with Crippen LogP contribution in [0.5, 0.6) is 0 Å². The molecule has 4 rings (SSSR count). The van der Waals surface area contributed by atoms with E-state index >= 15 is 0 Å². The molecule has 138 valence electrons. The van der Waals surface area contributed by atoms with Gasteiger partial charge in [-0.25, -0.2) is 4.68 Å². The smallest absolute Gasteiger partial charge is 0.274 e. The highest BCUT2D eigenvalue weighted by atomic mass is 16.2. The highest BCUT2D eigenvalue weighted by Gasteiger charge is 2.18. The minimum absolute atomic E-state index is 0.195. The van der Waals surface area contributed by atoms with Crippen molar-refractivity contribution in [3.8, 4) is 16.9 Å². The van der Waals surface area contributed by atoms with Gasteiger partial charge >= 0.3 is 0 Å². The zero-order valence-corrected chi connectivity index (χ0v) is 15.9. The molecule has 1 amide bonds. The summed E-state index contributed by atoms with van der Waals surface area (Å²) in [5, 5.41) is 7.69. The van der Waals surface area contributed by atoms with Gasteiger partial charge < -0.3 is 5.32 Å². The summed E-state index contributed by atoms with van der Waals surface area (Å²) in [4.78, 5) is 13.0. The molecule has 1 aromatic heterocycles. The van der Waals surface area contributed by atoms with E-state index in [9.17, 15) is 4.79 Å². The first kappa shape index (κ1) is 17.7. The van der Waals surface area contributed by atoms with Crippen molar-refractivity contribution in [3.63, 3.8) is 0 Å². The normalized spacial score (nSPS) is 10.6. The van der Waals surface area contributed by atoms with Crippen LogP contribution in [0, 0.1) is 13.8 Å². The van der Waals surface area contributed by atoms with Gasteiger partial charge in [-0.3, -0.25) is 4.79 Å².